The van der Waals surface area contributed by atoms with E-state index in [9.17, 15) is 0 Å². The third-order valence-corrected chi connectivity index (χ3v) is 3.76. The summed E-state index contributed by atoms with van der Waals surface area (Å²) in [4.78, 5) is 0. The van der Waals surface area contributed by atoms with Gasteiger partial charge in [0.25, 0.3) is 0 Å². The Hall–Kier alpha value is 0.160. The van der Waals surface area contributed by atoms with E-state index in [0.717, 1.165) is 20.8 Å². The van der Waals surface area contributed by atoms with Crippen LogP contribution in [0.2, 0.25) is 5.02 Å². The van der Waals surface area contributed by atoms with Crippen molar-refractivity contribution in [2.45, 2.75) is 13.0 Å². The summed E-state index contributed by atoms with van der Waals surface area (Å²) in [7, 11) is 1.93. The van der Waals surface area contributed by atoms with Crippen molar-refractivity contribution in [1.29, 1.82) is 0 Å². The molecule has 1 atom stereocenters. The fraction of sp³-hybridized carbons (Fsp3) is 0.455. The van der Waals surface area contributed by atoms with Gasteiger partial charge in [-0.3, -0.25) is 0 Å². The van der Waals surface area contributed by atoms with Crippen molar-refractivity contribution in [1.82, 2.24) is 5.32 Å². The molecule has 0 aliphatic rings. The van der Waals surface area contributed by atoms with Crippen LogP contribution in [0.25, 0.3) is 0 Å². The van der Waals surface area contributed by atoms with Gasteiger partial charge in [-0.05, 0) is 54.3 Å². The fourth-order valence-electron chi connectivity index (χ4n) is 1.31. The second-order valence-electron chi connectivity index (χ2n) is 3.17. The molecule has 1 rings (SSSR count). The summed E-state index contributed by atoms with van der Waals surface area (Å²) in [6, 6.07) is 6.30. The second kappa shape index (κ2) is 6.68. The Bertz CT molecular complexity index is 319. The largest absolute Gasteiger partial charge is 0.380 e. The second-order valence-corrected chi connectivity index (χ2v) is 4.74. The van der Waals surface area contributed by atoms with E-state index in [1.165, 1.54) is 0 Å². The van der Waals surface area contributed by atoms with Gasteiger partial charge in [-0.25, -0.2) is 0 Å². The van der Waals surface area contributed by atoms with Crippen molar-refractivity contribution in [2.24, 2.45) is 0 Å². The van der Waals surface area contributed by atoms with E-state index in [1.807, 2.05) is 26.1 Å². The maximum absolute atomic E-state index is 6.07. The van der Waals surface area contributed by atoms with Crippen molar-refractivity contribution in [2.75, 3.05) is 20.3 Å². The summed E-state index contributed by atoms with van der Waals surface area (Å²) in [5.74, 6) is 0. The summed E-state index contributed by atoms with van der Waals surface area (Å²) in [6.45, 7) is 3.40. The molecule has 0 aliphatic heterocycles. The molecule has 0 heterocycles. The van der Waals surface area contributed by atoms with E-state index in [1.54, 1.807) is 0 Å². The maximum atomic E-state index is 6.07. The molecule has 0 saturated carbocycles. The van der Waals surface area contributed by atoms with Crippen LogP contribution in [-0.4, -0.2) is 20.3 Å². The first-order valence-corrected chi connectivity index (χ1v) is 6.34. The highest BCUT2D eigenvalue weighted by molar-refractivity contribution is 14.1. The number of likely N-dealkylation sites (N-methyl/N-ethyl adjacent to an activating group) is 1. The van der Waals surface area contributed by atoms with Crippen LogP contribution in [-0.2, 0) is 4.74 Å². The highest BCUT2D eigenvalue weighted by Gasteiger charge is 2.10. The maximum Gasteiger partial charge on any atom is 0.0661 e. The Labute approximate surface area is 109 Å². The summed E-state index contributed by atoms with van der Waals surface area (Å²) in [6.07, 6.45) is 0. The van der Waals surface area contributed by atoms with Crippen LogP contribution in [0, 0.1) is 3.57 Å². The first kappa shape index (κ1) is 13.2. The molecule has 2 nitrogen and oxygen atoms in total. The molecule has 0 fully saturated rings. The number of nitrogens with one attached hydrogen (secondary N) is 1. The monoisotopic (exact) mass is 339 g/mol. The molecule has 0 aliphatic carbocycles. The predicted molar refractivity (Wildman–Crippen MR) is 72.5 cm³/mol. The zero-order valence-electron chi connectivity index (χ0n) is 8.89. The molecule has 0 aromatic heterocycles. The third-order valence-electron chi connectivity index (χ3n) is 2.18. The predicted octanol–water partition coefficient (Wildman–Crippen LogP) is 3.24. The zero-order chi connectivity index (χ0) is 11.3. The number of rotatable bonds is 5. The number of hydrogen-bond acceptors (Lipinski definition) is 2. The lowest BCUT2D eigenvalue weighted by molar-refractivity contribution is 0.125. The van der Waals surface area contributed by atoms with Gasteiger partial charge in [0.2, 0.25) is 0 Å². The van der Waals surface area contributed by atoms with E-state index < -0.39 is 0 Å². The van der Waals surface area contributed by atoms with Crippen molar-refractivity contribution < 1.29 is 4.74 Å². The van der Waals surface area contributed by atoms with E-state index >= 15 is 0 Å². The first-order valence-electron chi connectivity index (χ1n) is 4.89. The Morgan fingerprint density at radius 1 is 1.53 bits per heavy atom. The highest BCUT2D eigenvalue weighted by atomic mass is 127. The standard InChI is InChI=1S/C11H15ClINO/c1-3-15-7-11(14-2)8-4-5-10(13)9(12)6-8/h4-6,11,14H,3,7H2,1-2H3. The molecule has 0 radical (unpaired) electrons. The first-order chi connectivity index (χ1) is 7.19. The Kier molecular flexibility index (Phi) is 5.89. The normalized spacial score (nSPS) is 12.8. The molecule has 1 N–H and O–H groups in total. The van der Waals surface area contributed by atoms with Gasteiger partial charge in [0.1, 0.15) is 0 Å². The lowest BCUT2D eigenvalue weighted by atomic mass is 10.1. The smallest absolute Gasteiger partial charge is 0.0661 e. The molecule has 0 bridgehead atoms. The van der Waals surface area contributed by atoms with Gasteiger partial charge in [0.05, 0.1) is 17.7 Å². The van der Waals surface area contributed by atoms with Gasteiger partial charge in [-0.1, -0.05) is 17.7 Å². The number of halogens is 2. The van der Waals surface area contributed by atoms with Gasteiger partial charge < -0.3 is 10.1 Å². The molecule has 1 unspecified atom stereocenters. The summed E-state index contributed by atoms with van der Waals surface area (Å²) in [5.41, 5.74) is 1.16. The minimum atomic E-state index is 0.208. The number of hydrogen-bond donors (Lipinski definition) is 1. The van der Waals surface area contributed by atoms with Gasteiger partial charge in [0.15, 0.2) is 0 Å². The molecular formula is C11H15ClINO. The lowest BCUT2D eigenvalue weighted by Crippen LogP contribution is -2.21. The molecule has 0 amide bonds. The van der Waals surface area contributed by atoms with Gasteiger partial charge in [-0.2, -0.15) is 0 Å². The quantitative estimate of drug-likeness (QED) is 0.832. The van der Waals surface area contributed by atoms with Gasteiger partial charge in [0, 0.05) is 10.2 Å². The molecule has 84 valence electrons. The van der Waals surface area contributed by atoms with Crippen molar-refractivity contribution in [3.63, 3.8) is 0 Å². The molecule has 15 heavy (non-hydrogen) atoms. The summed E-state index contributed by atoms with van der Waals surface area (Å²) >= 11 is 8.29. The Morgan fingerprint density at radius 2 is 2.27 bits per heavy atom. The average Bonchev–Trinajstić information content (AvgIpc) is 2.24. The SMILES string of the molecule is CCOCC(NC)c1ccc(I)c(Cl)c1. The van der Waals surface area contributed by atoms with E-state index in [0.29, 0.717) is 6.61 Å². The van der Waals surface area contributed by atoms with Gasteiger partial charge in [-0.15, -0.1) is 0 Å². The van der Waals surface area contributed by atoms with Crippen LogP contribution in [0.4, 0.5) is 0 Å². The highest BCUT2D eigenvalue weighted by Crippen LogP contribution is 2.23. The van der Waals surface area contributed by atoms with E-state index in [4.69, 9.17) is 16.3 Å². The van der Waals surface area contributed by atoms with Crippen molar-refractivity contribution >= 4 is 34.2 Å². The van der Waals surface area contributed by atoms with Gasteiger partial charge >= 0.3 is 0 Å². The minimum absolute atomic E-state index is 0.208. The van der Waals surface area contributed by atoms with Crippen molar-refractivity contribution in [3.05, 3.63) is 32.4 Å². The number of ether oxygens (including phenoxy) is 1. The zero-order valence-corrected chi connectivity index (χ0v) is 11.8. The summed E-state index contributed by atoms with van der Waals surface area (Å²) < 4.78 is 6.48. The van der Waals surface area contributed by atoms with Crippen LogP contribution in [0.5, 0.6) is 0 Å². The van der Waals surface area contributed by atoms with Crippen LogP contribution in [0.1, 0.15) is 18.5 Å². The number of benzene rings is 1. The molecule has 0 spiro atoms. The van der Waals surface area contributed by atoms with Crippen molar-refractivity contribution in [3.8, 4) is 0 Å². The summed E-state index contributed by atoms with van der Waals surface area (Å²) in [5, 5.41) is 4.01. The topological polar surface area (TPSA) is 21.3 Å². The van der Waals surface area contributed by atoms with Crippen LogP contribution in [0.3, 0.4) is 0 Å². The average molecular weight is 340 g/mol. The molecule has 1 aromatic rings. The van der Waals surface area contributed by atoms with E-state index in [2.05, 4.69) is 34.0 Å². The molecule has 4 heteroatoms. The Morgan fingerprint density at radius 3 is 2.80 bits per heavy atom. The molecule has 0 saturated heterocycles. The van der Waals surface area contributed by atoms with E-state index in [-0.39, 0.29) is 6.04 Å². The Balaban J connectivity index is 2.78. The third kappa shape index (κ3) is 3.90. The molecular weight excluding hydrogens is 324 g/mol. The lowest BCUT2D eigenvalue weighted by Gasteiger charge is -2.16. The van der Waals surface area contributed by atoms with Crippen LogP contribution < -0.4 is 5.32 Å². The van der Waals surface area contributed by atoms with Crippen LogP contribution in [0.15, 0.2) is 18.2 Å². The van der Waals surface area contributed by atoms with Crippen LogP contribution >= 0.6 is 34.2 Å². The fourth-order valence-corrected chi connectivity index (χ4v) is 1.84. The minimum Gasteiger partial charge on any atom is -0.380 e. The molecule has 1 aromatic carbocycles.